The van der Waals surface area contributed by atoms with E-state index in [1.54, 1.807) is 11.0 Å². The van der Waals surface area contributed by atoms with E-state index in [0.29, 0.717) is 18.2 Å². The van der Waals surface area contributed by atoms with Crippen molar-refractivity contribution in [2.24, 2.45) is 5.92 Å². The Morgan fingerprint density at radius 2 is 2.19 bits per heavy atom. The van der Waals surface area contributed by atoms with Crippen LogP contribution >= 0.6 is 0 Å². The van der Waals surface area contributed by atoms with E-state index in [2.05, 4.69) is 5.16 Å². The molecule has 21 heavy (non-hydrogen) atoms. The van der Waals surface area contributed by atoms with E-state index in [4.69, 9.17) is 4.52 Å². The van der Waals surface area contributed by atoms with Gasteiger partial charge in [-0.3, -0.25) is 4.79 Å². The van der Waals surface area contributed by atoms with Crippen molar-refractivity contribution in [3.8, 4) is 11.3 Å². The minimum Gasteiger partial charge on any atom is -0.394 e. The Bertz CT molecular complexity index is 623. The smallest absolute Gasteiger partial charge is 0.292 e. The van der Waals surface area contributed by atoms with Crippen molar-refractivity contribution in [3.63, 3.8) is 0 Å². The second kappa shape index (κ2) is 5.69. The van der Waals surface area contributed by atoms with E-state index in [9.17, 15) is 9.90 Å². The van der Waals surface area contributed by atoms with Crippen LogP contribution in [0.15, 0.2) is 40.9 Å². The predicted octanol–water partition coefficient (Wildman–Crippen LogP) is 2.18. The maximum Gasteiger partial charge on any atom is 0.292 e. The van der Waals surface area contributed by atoms with Gasteiger partial charge in [0.15, 0.2) is 0 Å². The van der Waals surface area contributed by atoms with Crippen LogP contribution in [0.3, 0.4) is 0 Å². The molecular weight excluding hydrogens is 268 g/mol. The summed E-state index contributed by atoms with van der Waals surface area (Å²) in [6.45, 7) is 2.67. The summed E-state index contributed by atoms with van der Waals surface area (Å²) in [5, 5.41) is 13.4. The topological polar surface area (TPSA) is 66.6 Å². The highest BCUT2D eigenvalue weighted by Crippen LogP contribution is 2.26. The molecule has 1 aromatic heterocycles. The highest BCUT2D eigenvalue weighted by atomic mass is 16.5. The van der Waals surface area contributed by atoms with Gasteiger partial charge in [-0.25, -0.2) is 0 Å². The number of amides is 1. The zero-order chi connectivity index (χ0) is 14.8. The lowest BCUT2D eigenvalue weighted by Gasteiger charge is -2.23. The van der Waals surface area contributed by atoms with Crippen LogP contribution in [-0.4, -0.2) is 40.3 Å². The highest BCUT2D eigenvalue weighted by molar-refractivity contribution is 5.92. The number of aliphatic hydroxyl groups is 1. The van der Waals surface area contributed by atoms with E-state index < -0.39 is 0 Å². The molecule has 1 amide bonds. The first-order chi connectivity index (χ1) is 10.2. The maximum absolute atomic E-state index is 12.5. The summed E-state index contributed by atoms with van der Waals surface area (Å²) in [4.78, 5) is 14.2. The van der Waals surface area contributed by atoms with Gasteiger partial charge in [0.2, 0.25) is 5.76 Å². The Labute approximate surface area is 123 Å². The Balaban J connectivity index is 1.82. The molecule has 1 saturated heterocycles. The first-order valence-corrected chi connectivity index (χ1v) is 7.14. The van der Waals surface area contributed by atoms with Crippen LogP contribution in [-0.2, 0) is 0 Å². The minimum absolute atomic E-state index is 0.0212. The second-order valence-corrected chi connectivity index (χ2v) is 5.46. The molecule has 1 N–H and O–H groups in total. The molecule has 2 unspecified atom stereocenters. The lowest BCUT2D eigenvalue weighted by atomic mass is 10.0. The average molecular weight is 286 g/mol. The summed E-state index contributed by atoms with van der Waals surface area (Å²) in [5.41, 5.74) is 1.56. The largest absolute Gasteiger partial charge is 0.394 e. The average Bonchev–Trinajstić information content (AvgIpc) is 3.14. The number of benzene rings is 1. The maximum atomic E-state index is 12.5. The summed E-state index contributed by atoms with van der Waals surface area (Å²) in [7, 11) is 0. The summed E-state index contributed by atoms with van der Waals surface area (Å²) in [6, 6.07) is 11.1. The molecule has 0 saturated carbocycles. The van der Waals surface area contributed by atoms with Crippen molar-refractivity contribution in [1.82, 2.24) is 10.1 Å². The SMILES string of the molecule is CC1CCN(C(=O)c2cc(-c3ccccc3)no2)C1CO. The Kier molecular flexibility index (Phi) is 3.75. The van der Waals surface area contributed by atoms with E-state index in [1.165, 1.54) is 0 Å². The fourth-order valence-electron chi connectivity index (χ4n) is 2.80. The van der Waals surface area contributed by atoms with Crippen LogP contribution < -0.4 is 0 Å². The second-order valence-electron chi connectivity index (χ2n) is 5.46. The van der Waals surface area contributed by atoms with Crippen molar-refractivity contribution in [1.29, 1.82) is 0 Å². The molecule has 0 radical (unpaired) electrons. The number of aliphatic hydroxyl groups excluding tert-OH is 1. The van der Waals surface area contributed by atoms with Gasteiger partial charge in [-0.2, -0.15) is 0 Å². The number of rotatable bonds is 3. The van der Waals surface area contributed by atoms with Gasteiger partial charge in [-0.15, -0.1) is 0 Å². The normalized spacial score (nSPS) is 21.7. The van der Waals surface area contributed by atoms with Crippen LogP contribution in [0.1, 0.15) is 23.9 Å². The number of aromatic nitrogens is 1. The molecule has 1 fully saturated rings. The van der Waals surface area contributed by atoms with Gasteiger partial charge in [-0.1, -0.05) is 42.4 Å². The molecule has 1 aromatic carbocycles. The standard InChI is InChI=1S/C16H18N2O3/c1-11-7-8-18(14(11)10-19)16(20)15-9-13(17-21-15)12-5-3-2-4-6-12/h2-6,9,11,14,19H,7-8,10H2,1H3. The van der Waals surface area contributed by atoms with Gasteiger partial charge in [-0.05, 0) is 12.3 Å². The number of likely N-dealkylation sites (tertiary alicyclic amines) is 1. The van der Waals surface area contributed by atoms with Gasteiger partial charge < -0.3 is 14.5 Å². The zero-order valence-corrected chi connectivity index (χ0v) is 11.9. The molecule has 2 aromatic rings. The van der Waals surface area contributed by atoms with Crippen LogP contribution in [0.2, 0.25) is 0 Å². The monoisotopic (exact) mass is 286 g/mol. The van der Waals surface area contributed by atoms with Gasteiger partial charge >= 0.3 is 0 Å². The summed E-state index contributed by atoms with van der Waals surface area (Å²) >= 11 is 0. The number of hydrogen-bond acceptors (Lipinski definition) is 4. The fraction of sp³-hybridized carbons (Fsp3) is 0.375. The van der Waals surface area contributed by atoms with Gasteiger partial charge in [0.05, 0.1) is 12.6 Å². The third-order valence-corrected chi connectivity index (χ3v) is 4.12. The molecule has 1 aliphatic rings. The van der Waals surface area contributed by atoms with Gasteiger partial charge in [0.1, 0.15) is 5.69 Å². The molecule has 0 aliphatic carbocycles. The first-order valence-electron chi connectivity index (χ1n) is 7.14. The van der Waals surface area contributed by atoms with Crippen molar-refractivity contribution in [2.45, 2.75) is 19.4 Å². The predicted molar refractivity (Wildman–Crippen MR) is 77.6 cm³/mol. The molecule has 5 nitrogen and oxygen atoms in total. The van der Waals surface area contributed by atoms with Crippen LogP contribution in [0.5, 0.6) is 0 Å². The van der Waals surface area contributed by atoms with Crippen molar-refractivity contribution < 1.29 is 14.4 Å². The molecule has 2 atom stereocenters. The lowest BCUT2D eigenvalue weighted by Crippen LogP contribution is -2.39. The first kappa shape index (κ1) is 13.8. The fourth-order valence-corrected chi connectivity index (χ4v) is 2.80. The van der Waals surface area contributed by atoms with E-state index in [0.717, 1.165) is 12.0 Å². The van der Waals surface area contributed by atoms with Gasteiger partial charge in [0.25, 0.3) is 5.91 Å². The Morgan fingerprint density at radius 1 is 1.43 bits per heavy atom. The summed E-state index contributed by atoms with van der Waals surface area (Å²) in [5.74, 6) is 0.324. The third kappa shape index (κ3) is 2.56. The van der Waals surface area contributed by atoms with Crippen molar-refractivity contribution in [2.75, 3.05) is 13.2 Å². The van der Waals surface area contributed by atoms with Crippen LogP contribution in [0, 0.1) is 5.92 Å². The van der Waals surface area contributed by atoms with Gasteiger partial charge in [0, 0.05) is 18.2 Å². The number of nitrogens with zero attached hydrogens (tertiary/aromatic N) is 2. The lowest BCUT2D eigenvalue weighted by molar-refractivity contribution is 0.0608. The number of hydrogen-bond donors (Lipinski definition) is 1. The van der Waals surface area contributed by atoms with E-state index in [-0.39, 0.29) is 24.3 Å². The zero-order valence-electron chi connectivity index (χ0n) is 11.9. The van der Waals surface area contributed by atoms with Crippen LogP contribution in [0.4, 0.5) is 0 Å². The number of carbonyl (C=O) groups excluding carboxylic acids is 1. The highest BCUT2D eigenvalue weighted by Gasteiger charge is 2.35. The Morgan fingerprint density at radius 3 is 2.90 bits per heavy atom. The molecule has 0 bridgehead atoms. The number of carbonyl (C=O) groups is 1. The summed E-state index contributed by atoms with van der Waals surface area (Å²) in [6.07, 6.45) is 0.899. The minimum atomic E-state index is -0.201. The van der Waals surface area contributed by atoms with E-state index in [1.807, 2.05) is 37.3 Å². The molecule has 5 heteroatoms. The van der Waals surface area contributed by atoms with Crippen molar-refractivity contribution >= 4 is 5.91 Å². The molecule has 110 valence electrons. The quantitative estimate of drug-likeness (QED) is 0.939. The van der Waals surface area contributed by atoms with Crippen molar-refractivity contribution in [3.05, 3.63) is 42.2 Å². The third-order valence-electron chi connectivity index (χ3n) is 4.12. The molecular formula is C16H18N2O3. The molecule has 3 rings (SSSR count). The van der Waals surface area contributed by atoms with E-state index >= 15 is 0 Å². The summed E-state index contributed by atoms with van der Waals surface area (Å²) < 4.78 is 5.20. The molecule has 1 aliphatic heterocycles. The Hall–Kier alpha value is -2.14. The van der Waals surface area contributed by atoms with Crippen LogP contribution in [0.25, 0.3) is 11.3 Å². The molecule has 0 spiro atoms. The molecule has 2 heterocycles.